The molecule has 3 aliphatic heterocycles. The molecule has 4 rings (SSSR count). The Balaban J connectivity index is 1.33. The minimum atomic E-state index is -4.60. The van der Waals surface area contributed by atoms with Crippen molar-refractivity contribution >= 4 is 11.9 Å². The van der Waals surface area contributed by atoms with Crippen molar-refractivity contribution in [3.8, 4) is 0 Å². The first-order valence-electron chi connectivity index (χ1n) is 10.5. The molecule has 1 N–H and O–H groups in total. The van der Waals surface area contributed by atoms with E-state index in [9.17, 15) is 27.2 Å². The summed E-state index contributed by atoms with van der Waals surface area (Å²) in [6.07, 6.45) is -3.02. The van der Waals surface area contributed by atoms with Gasteiger partial charge in [0.05, 0.1) is 17.7 Å². The van der Waals surface area contributed by atoms with Gasteiger partial charge in [-0.2, -0.15) is 13.2 Å². The molecule has 10 heteroatoms. The van der Waals surface area contributed by atoms with E-state index in [1.165, 1.54) is 0 Å². The van der Waals surface area contributed by atoms with Crippen LogP contribution in [-0.2, 0) is 22.1 Å². The fourth-order valence-electron chi connectivity index (χ4n) is 4.72. The van der Waals surface area contributed by atoms with Crippen molar-refractivity contribution in [1.82, 2.24) is 15.1 Å². The zero-order chi connectivity index (χ0) is 22.2. The van der Waals surface area contributed by atoms with E-state index in [2.05, 4.69) is 5.32 Å². The second kappa shape index (κ2) is 8.64. The first-order valence-corrected chi connectivity index (χ1v) is 10.5. The Morgan fingerprint density at radius 1 is 1.13 bits per heavy atom. The summed E-state index contributed by atoms with van der Waals surface area (Å²) in [5.41, 5.74) is -1.22. The van der Waals surface area contributed by atoms with Gasteiger partial charge >= 0.3 is 12.2 Å². The van der Waals surface area contributed by atoms with Gasteiger partial charge in [0.15, 0.2) is 0 Å². The third-order valence-corrected chi connectivity index (χ3v) is 6.40. The summed E-state index contributed by atoms with van der Waals surface area (Å²) < 4.78 is 59.4. The Labute approximate surface area is 177 Å². The molecule has 3 amide bonds. The number of alkyl halides is 3. The van der Waals surface area contributed by atoms with E-state index in [4.69, 9.17) is 4.74 Å². The number of nitrogens with one attached hydrogen (secondary N) is 1. The van der Waals surface area contributed by atoms with Crippen molar-refractivity contribution in [3.63, 3.8) is 0 Å². The van der Waals surface area contributed by atoms with Crippen LogP contribution in [0, 0.1) is 11.7 Å². The highest BCUT2D eigenvalue weighted by Gasteiger charge is 2.39. The number of likely N-dealkylation sites (tertiary alicyclic amines) is 2. The number of amides is 3. The van der Waals surface area contributed by atoms with Crippen LogP contribution in [0.25, 0.3) is 0 Å². The molecule has 3 aliphatic rings. The number of fused-ring (bicyclic) bond motifs is 1. The van der Waals surface area contributed by atoms with Gasteiger partial charge in [-0.15, -0.1) is 0 Å². The topological polar surface area (TPSA) is 61.9 Å². The number of urea groups is 1. The van der Waals surface area contributed by atoms with Crippen molar-refractivity contribution in [2.24, 2.45) is 5.92 Å². The molecule has 0 radical (unpaired) electrons. The van der Waals surface area contributed by atoms with E-state index in [-0.39, 0.29) is 48.6 Å². The number of morpholine rings is 1. The quantitative estimate of drug-likeness (QED) is 0.716. The molecule has 2 atom stereocenters. The first-order chi connectivity index (χ1) is 14.7. The fraction of sp³-hybridized carbons (Fsp3) is 0.619. The number of hydrogen-bond donors (Lipinski definition) is 1. The highest BCUT2D eigenvalue weighted by Crippen LogP contribution is 2.35. The van der Waals surface area contributed by atoms with Crippen LogP contribution >= 0.6 is 0 Å². The van der Waals surface area contributed by atoms with Gasteiger partial charge in [-0.25, -0.2) is 9.18 Å². The van der Waals surface area contributed by atoms with Crippen LogP contribution in [0.15, 0.2) is 18.2 Å². The van der Waals surface area contributed by atoms with Gasteiger partial charge in [0.25, 0.3) is 0 Å². The summed E-state index contributed by atoms with van der Waals surface area (Å²) in [7, 11) is 0. The molecule has 0 aromatic heterocycles. The Hall–Kier alpha value is -2.36. The summed E-state index contributed by atoms with van der Waals surface area (Å²) in [4.78, 5) is 27.8. The van der Waals surface area contributed by atoms with Gasteiger partial charge in [-0.1, -0.05) is 6.07 Å². The molecule has 1 unspecified atom stereocenters. The van der Waals surface area contributed by atoms with Crippen LogP contribution in [0.4, 0.5) is 22.4 Å². The standard InChI is InChI=1S/C21H25F4N3O3/c22-16-3-1-2-15(21(23,24)25)14(16)10-13-4-7-27(8-5-13)20(30)28-9-6-18-17(11-28)26-19(29)12-31-18/h1-3,13,17-18H,4-12H2,(H,26,29)/t17-,18?/m1/s1. The number of hydrogen-bond acceptors (Lipinski definition) is 3. The third kappa shape index (κ3) is 4.78. The summed E-state index contributed by atoms with van der Waals surface area (Å²) in [6.45, 7) is 1.76. The first kappa shape index (κ1) is 21.9. The van der Waals surface area contributed by atoms with Crippen LogP contribution in [0.1, 0.15) is 30.4 Å². The lowest BCUT2D eigenvalue weighted by Gasteiger charge is -2.43. The molecular formula is C21H25F4N3O3. The number of ether oxygens (including phenoxy) is 1. The number of carbonyl (C=O) groups excluding carboxylic acids is 2. The van der Waals surface area contributed by atoms with E-state index >= 15 is 0 Å². The van der Waals surface area contributed by atoms with Crippen LogP contribution < -0.4 is 5.32 Å². The maximum Gasteiger partial charge on any atom is 0.416 e. The van der Waals surface area contributed by atoms with E-state index < -0.39 is 17.6 Å². The monoisotopic (exact) mass is 443 g/mol. The second-order valence-electron chi connectivity index (χ2n) is 8.44. The van der Waals surface area contributed by atoms with E-state index in [1.807, 2.05) is 0 Å². The summed E-state index contributed by atoms with van der Waals surface area (Å²) in [5.74, 6) is -1.16. The molecule has 3 fully saturated rings. The molecule has 0 spiro atoms. The summed E-state index contributed by atoms with van der Waals surface area (Å²) in [6, 6.07) is 2.68. The van der Waals surface area contributed by atoms with Gasteiger partial charge in [-0.05, 0) is 43.7 Å². The lowest BCUT2D eigenvalue weighted by molar-refractivity contribution is -0.140. The van der Waals surface area contributed by atoms with Gasteiger partial charge in [0.2, 0.25) is 5.91 Å². The van der Waals surface area contributed by atoms with Crippen LogP contribution in [0.2, 0.25) is 0 Å². The molecule has 31 heavy (non-hydrogen) atoms. The highest BCUT2D eigenvalue weighted by molar-refractivity contribution is 5.79. The smallest absolute Gasteiger partial charge is 0.366 e. The summed E-state index contributed by atoms with van der Waals surface area (Å²) in [5, 5.41) is 2.86. The molecule has 1 aromatic carbocycles. The average molecular weight is 443 g/mol. The molecule has 0 aliphatic carbocycles. The molecule has 0 bridgehead atoms. The van der Waals surface area contributed by atoms with Crippen molar-refractivity contribution in [2.45, 2.75) is 44.0 Å². The highest BCUT2D eigenvalue weighted by atomic mass is 19.4. The van der Waals surface area contributed by atoms with Crippen molar-refractivity contribution in [1.29, 1.82) is 0 Å². The van der Waals surface area contributed by atoms with Gasteiger partial charge in [0.1, 0.15) is 12.4 Å². The normalized spacial score (nSPS) is 25.2. The SMILES string of the molecule is O=C1COC2CCN(C(=O)N3CCC(Cc4c(F)cccc4C(F)(F)F)CC3)C[C@H]2N1. The Morgan fingerprint density at radius 3 is 2.55 bits per heavy atom. The molecule has 0 saturated carbocycles. The molecular weight excluding hydrogens is 418 g/mol. The largest absolute Gasteiger partial charge is 0.416 e. The van der Waals surface area contributed by atoms with E-state index in [0.717, 1.165) is 18.2 Å². The predicted octanol–water partition coefficient (Wildman–Crippen LogP) is 2.81. The Bertz CT molecular complexity index is 840. The maximum atomic E-state index is 14.1. The van der Waals surface area contributed by atoms with Crippen LogP contribution in [-0.4, -0.2) is 66.7 Å². The molecule has 1 aromatic rings. The zero-order valence-electron chi connectivity index (χ0n) is 17.0. The third-order valence-electron chi connectivity index (χ3n) is 6.40. The Morgan fingerprint density at radius 2 is 1.84 bits per heavy atom. The predicted molar refractivity (Wildman–Crippen MR) is 103 cm³/mol. The van der Waals surface area contributed by atoms with E-state index in [1.54, 1.807) is 9.80 Å². The van der Waals surface area contributed by atoms with Gasteiger partial charge in [-0.3, -0.25) is 4.79 Å². The second-order valence-corrected chi connectivity index (χ2v) is 8.44. The Kier molecular flexibility index (Phi) is 6.09. The van der Waals surface area contributed by atoms with E-state index in [0.29, 0.717) is 45.4 Å². The number of halogens is 4. The molecule has 3 saturated heterocycles. The average Bonchev–Trinajstić information content (AvgIpc) is 2.74. The maximum absolute atomic E-state index is 14.1. The number of benzene rings is 1. The number of piperidine rings is 2. The number of nitrogens with zero attached hydrogens (tertiary/aromatic N) is 2. The minimum Gasteiger partial charge on any atom is -0.366 e. The zero-order valence-corrected chi connectivity index (χ0v) is 17.0. The van der Waals surface area contributed by atoms with Gasteiger partial charge in [0, 0.05) is 31.7 Å². The number of carbonyl (C=O) groups is 2. The lowest BCUT2D eigenvalue weighted by Crippen LogP contribution is -2.62. The number of rotatable bonds is 2. The molecule has 170 valence electrons. The van der Waals surface area contributed by atoms with Crippen LogP contribution in [0.5, 0.6) is 0 Å². The lowest BCUT2D eigenvalue weighted by atomic mass is 9.88. The summed E-state index contributed by atoms with van der Waals surface area (Å²) >= 11 is 0. The minimum absolute atomic E-state index is 0.000383. The van der Waals surface area contributed by atoms with Gasteiger partial charge < -0.3 is 19.9 Å². The van der Waals surface area contributed by atoms with Crippen LogP contribution in [0.3, 0.4) is 0 Å². The van der Waals surface area contributed by atoms with Crippen molar-refractivity contribution in [2.75, 3.05) is 32.8 Å². The van der Waals surface area contributed by atoms with Crippen molar-refractivity contribution < 1.29 is 31.9 Å². The fourth-order valence-corrected chi connectivity index (χ4v) is 4.72. The van der Waals surface area contributed by atoms with Crippen molar-refractivity contribution in [3.05, 3.63) is 35.1 Å². The molecule has 3 heterocycles. The molecule has 6 nitrogen and oxygen atoms in total.